The minimum atomic E-state index is -1.00. The second-order valence-corrected chi connectivity index (χ2v) is 6.98. The molecule has 1 atom stereocenters. The van der Waals surface area contributed by atoms with E-state index in [9.17, 15) is 9.90 Å². The third-order valence-electron chi connectivity index (χ3n) is 5.26. The molecule has 29 heavy (non-hydrogen) atoms. The number of benzene rings is 2. The van der Waals surface area contributed by atoms with E-state index in [1.807, 2.05) is 79.9 Å². The first kappa shape index (κ1) is 18.7. The van der Waals surface area contributed by atoms with Crippen molar-refractivity contribution >= 4 is 17.1 Å². The molecule has 0 bridgehead atoms. The number of aromatic nitrogens is 2. The van der Waals surface area contributed by atoms with E-state index in [4.69, 9.17) is 10.9 Å². The van der Waals surface area contributed by atoms with E-state index < -0.39 is 12.0 Å². The topological polar surface area (TPSA) is 84.4 Å². The monoisotopic (exact) mass is 386 g/mol. The van der Waals surface area contributed by atoms with Crippen LogP contribution in [0.2, 0.25) is 0 Å². The third-order valence-corrected chi connectivity index (χ3v) is 5.26. The molecule has 3 N–H and O–H groups in total. The SMILES string of the molecule is CC1=C(c2ccccc2)C(c2ccn(-c3ccccc3)n2)=C(C(=O)O)C(C)N1N. The molecule has 3 aromatic rings. The van der Waals surface area contributed by atoms with Gasteiger partial charge in [-0.3, -0.25) is 0 Å². The van der Waals surface area contributed by atoms with Crippen molar-refractivity contribution in [2.24, 2.45) is 5.84 Å². The molecule has 6 nitrogen and oxygen atoms in total. The minimum absolute atomic E-state index is 0.232. The first-order chi connectivity index (χ1) is 14.0. The first-order valence-corrected chi connectivity index (χ1v) is 9.38. The summed E-state index contributed by atoms with van der Waals surface area (Å²) in [7, 11) is 0. The summed E-state index contributed by atoms with van der Waals surface area (Å²) in [5, 5.41) is 16.3. The van der Waals surface area contributed by atoms with Gasteiger partial charge < -0.3 is 10.1 Å². The summed E-state index contributed by atoms with van der Waals surface area (Å²) in [5.74, 6) is 5.26. The number of para-hydroxylation sites is 1. The Morgan fingerprint density at radius 3 is 2.24 bits per heavy atom. The number of hydrogen-bond acceptors (Lipinski definition) is 4. The summed E-state index contributed by atoms with van der Waals surface area (Å²) in [6.07, 6.45) is 1.84. The minimum Gasteiger partial charge on any atom is -0.478 e. The van der Waals surface area contributed by atoms with E-state index in [0.717, 1.165) is 22.5 Å². The lowest BCUT2D eigenvalue weighted by molar-refractivity contribution is -0.133. The molecule has 2 heterocycles. The van der Waals surface area contributed by atoms with Gasteiger partial charge in [0, 0.05) is 23.0 Å². The molecular formula is C23H22N4O2. The second kappa shape index (κ2) is 7.41. The van der Waals surface area contributed by atoms with E-state index in [2.05, 4.69) is 0 Å². The molecule has 4 rings (SSSR count). The lowest BCUT2D eigenvalue weighted by Gasteiger charge is -2.35. The standard InChI is InChI=1S/C23H22N4O2/c1-15-20(17-9-5-3-6-10-17)22(21(23(28)29)16(2)27(15)24)19-13-14-26(25-19)18-11-7-4-8-12-18/h3-14,16H,24H2,1-2H3,(H,28,29). The fourth-order valence-electron chi connectivity index (χ4n) is 3.77. The van der Waals surface area contributed by atoms with E-state index in [1.165, 1.54) is 5.01 Å². The summed E-state index contributed by atoms with van der Waals surface area (Å²) >= 11 is 0. The Labute approximate surface area is 169 Å². The van der Waals surface area contributed by atoms with Gasteiger partial charge in [-0.05, 0) is 37.6 Å². The molecule has 1 aliphatic heterocycles. The predicted octanol–water partition coefficient (Wildman–Crippen LogP) is 3.72. The molecular weight excluding hydrogens is 364 g/mol. The molecule has 0 saturated carbocycles. The number of hydrazine groups is 1. The van der Waals surface area contributed by atoms with Crippen LogP contribution in [0.1, 0.15) is 25.1 Å². The van der Waals surface area contributed by atoms with Gasteiger partial charge in [0.25, 0.3) is 0 Å². The van der Waals surface area contributed by atoms with E-state index >= 15 is 0 Å². The van der Waals surface area contributed by atoms with Crippen molar-refractivity contribution in [1.29, 1.82) is 0 Å². The Morgan fingerprint density at radius 1 is 1.00 bits per heavy atom. The fraction of sp³-hybridized carbons (Fsp3) is 0.130. The molecule has 1 unspecified atom stereocenters. The Morgan fingerprint density at radius 2 is 1.62 bits per heavy atom. The zero-order valence-corrected chi connectivity index (χ0v) is 16.3. The number of nitrogens with zero attached hydrogens (tertiary/aromatic N) is 3. The van der Waals surface area contributed by atoms with Gasteiger partial charge in [-0.15, -0.1) is 0 Å². The first-order valence-electron chi connectivity index (χ1n) is 9.38. The van der Waals surface area contributed by atoms with Gasteiger partial charge in [0.05, 0.1) is 23.0 Å². The molecule has 0 saturated heterocycles. The smallest absolute Gasteiger partial charge is 0.334 e. The zero-order chi connectivity index (χ0) is 20.5. The summed E-state index contributed by atoms with van der Waals surface area (Å²) in [6.45, 7) is 3.70. The van der Waals surface area contributed by atoms with Crippen LogP contribution >= 0.6 is 0 Å². The van der Waals surface area contributed by atoms with Gasteiger partial charge in [-0.1, -0.05) is 48.5 Å². The molecule has 0 fully saturated rings. The average Bonchev–Trinajstić information content (AvgIpc) is 3.22. The zero-order valence-electron chi connectivity index (χ0n) is 16.3. The van der Waals surface area contributed by atoms with Gasteiger partial charge in [-0.2, -0.15) is 5.10 Å². The van der Waals surface area contributed by atoms with Gasteiger partial charge in [0.15, 0.2) is 0 Å². The number of carbonyl (C=O) groups is 1. The third kappa shape index (κ3) is 3.23. The van der Waals surface area contributed by atoms with Crippen LogP contribution < -0.4 is 5.84 Å². The predicted molar refractivity (Wildman–Crippen MR) is 113 cm³/mol. The maximum Gasteiger partial charge on any atom is 0.334 e. The van der Waals surface area contributed by atoms with Gasteiger partial charge in [0.1, 0.15) is 0 Å². The molecule has 1 aliphatic rings. The van der Waals surface area contributed by atoms with E-state index in [0.29, 0.717) is 11.3 Å². The van der Waals surface area contributed by atoms with Gasteiger partial charge in [0.2, 0.25) is 0 Å². The highest BCUT2D eigenvalue weighted by molar-refractivity contribution is 6.15. The molecule has 146 valence electrons. The summed E-state index contributed by atoms with van der Waals surface area (Å²) in [6, 6.07) is 20.8. The van der Waals surface area contributed by atoms with E-state index in [1.54, 1.807) is 11.6 Å². The number of rotatable bonds is 4. The number of allylic oxidation sites excluding steroid dienone is 3. The number of carboxylic acid groups (broad SMARTS) is 1. The second-order valence-electron chi connectivity index (χ2n) is 6.98. The highest BCUT2D eigenvalue weighted by Crippen LogP contribution is 2.41. The van der Waals surface area contributed by atoms with Crippen molar-refractivity contribution < 1.29 is 9.90 Å². The molecule has 0 amide bonds. The average molecular weight is 386 g/mol. The van der Waals surface area contributed by atoms with Crippen LogP contribution in [0, 0.1) is 0 Å². The molecule has 2 aromatic carbocycles. The van der Waals surface area contributed by atoms with Crippen LogP contribution in [0.4, 0.5) is 0 Å². The quantitative estimate of drug-likeness (QED) is 0.668. The van der Waals surface area contributed by atoms with Crippen LogP contribution in [-0.2, 0) is 4.79 Å². The molecule has 0 aliphatic carbocycles. The largest absolute Gasteiger partial charge is 0.478 e. The maximum atomic E-state index is 12.3. The number of nitrogens with two attached hydrogens (primary N) is 1. The summed E-state index contributed by atoms with van der Waals surface area (Å²) < 4.78 is 1.75. The lowest BCUT2D eigenvalue weighted by Crippen LogP contribution is -2.44. The van der Waals surface area contributed by atoms with Gasteiger partial charge in [-0.25, -0.2) is 15.3 Å². The van der Waals surface area contributed by atoms with Crippen molar-refractivity contribution in [2.75, 3.05) is 0 Å². The highest BCUT2D eigenvalue weighted by Gasteiger charge is 2.35. The maximum absolute atomic E-state index is 12.3. The van der Waals surface area contributed by atoms with Crippen molar-refractivity contribution in [3.05, 3.63) is 95.5 Å². The van der Waals surface area contributed by atoms with Crippen LogP contribution in [0.5, 0.6) is 0 Å². The van der Waals surface area contributed by atoms with Crippen LogP contribution in [0.15, 0.2) is 84.2 Å². The normalized spacial score (nSPS) is 17.1. The number of aliphatic carboxylic acids is 1. The Hall–Kier alpha value is -3.64. The Bertz CT molecular complexity index is 1110. The van der Waals surface area contributed by atoms with Crippen LogP contribution in [0.3, 0.4) is 0 Å². The van der Waals surface area contributed by atoms with Crippen molar-refractivity contribution in [3.8, 4) is 5.69 Å². The van der Waals surface area contributed by atoms with Crippen LogP contribution in [0.25, 0.3) is 16.8 Å². The Balaban J connectivity index is 1.96. The number of carboxylic acids is 1. The Kier molecular flexibility index (Phi) is 4.78. The van der Waals surface area contributed by atoms with Crippen molar-refractivity contribution in [3.63, 3.8) is 0 Å². The molecule has 0 spiro atoms. The summed E-state index contributed by atoms with van der Waals surface area (Å²) in [5.41, 5.74) is 4.82. The fourth-order valence-corrected chi connectivity index (χ4v) is 3.77. The van der Waals surface area contributed by atoms with E-state index in [-0.39, 0.29) is 5.57 Å². The number of hydrogen-bond donors (Lipinski definition) is 2. The molecule has 1 aromatic heterocycles. The van der Waals surface area contributed by atoms with Gasteiger partial charge >= 0.3 is 5.97 Å². The van der Waals surface area contributed by atoms with Crippen LogP contribution in [-0.4, -0.2) is 31.9 Å². The van der Waals surface area contributed by atoms with Crippen molar-refractivity contribution in [1.82, 2.24) is 14.8 Å². The van der Waals surface area contributed by atoms with Crippen molar-refractivity contribution in [2.45, 2.75) is 19.9 Å². The molecule has 6 heteroatoms. The lowest BCUT2D eigenvalue weighted by atomic mass is 9.84. The molecule has 0 radical (unpaired) electrons. The summed E-state index contributed by atoms with van der Waals surface area (Å²) in [4.78, 5) is 12.3. The highest BCUT2D eigenvalue weighted by atomic mass is 16.4.